The Kier molecular flexibility index (Phi) is 3.13. The van der Waals surface area contributed by atoms with Gasteiger partial charge in [0.2, 0.25) is 0 Å². The van der Waals surface area contributed by atoms with Gasteiger partial charge in [0, 0.05) is 12.1 Å². The Morgan fingerprint density at radius 3 is 2.40 bits per heavy atom. The predicted octanol–water partition coefficient (Wildman–Crippen LogP) is 1.39. The van der Waals surface area contributed by atoms with Crippen LogP contribution in [0.1, 0.15) is 10.4 Å². The van der Waals surface area contributed by atoms with E-state index in [1.807, 2.05) is 0 Å². The summed E-state index contributed by atoms with van der Waals surface area (Å²) in [7, 11) is 0. The van der Waals surface area contributed by atoms with Crippen LogP contribution in [0.15, 0.2) is 30.5 Å². The zero-order valence-electron chi connectivity index (χ0n) is 9.66. The number of benzene rings is 1. The van der Waals surface area contributed by atoms with E-state index in [0.717, 1.165) is 35.1 Å². The molecule has 0 atom stereocenters. The van der Waals surface area contributed by atoms with Crippen molar-refractivity contribution in [2.75, 3.05) is 0 Å². The number of nitro groups is 2. The normalized spacial score (nSPS) is 10.2. The van der Waals surface area contributed by atoms with Crippen molar-refractivity contribution in [3.63, 3.8) is 0 Å². The van der Waals surface area contributed by atoms with Crippen molar-refractivity contribution in [1.29, 1.82) is 0 Å². The molecule has 10 heteroatoms. The maximum Gasteiger partial charge on any atom is 0.390 e. The van der Waals surface area contributed by atoms with Gasteiger partial charge in [-0.3, -0.25) is 10.1 Å². The van der Waals surface area contributed by atoms with Gasteiger partial charge in [0.25, 0.3) is 5.69 Å². The van der Waals surface area contributed by atoms with Gasteiger partial charge < -0.3 is 15.2 Å². The van der Waals surface area contributed by atoms with Crippen LogP contribution in [0.4, 0.5) is 11.5 Å². The minimum absolute atomic E-state index is 0.125. The standard InChI is InChI=1S/C10H6N4O6/c15-10(16)7-2-1-6(13(17)18)5-8(7)12-4-3-9(11-12)14(19)20/h1-5H,(H,15,16). The molecule has 1 heterocycles. The lowest BCUT2D eigenvalue weighted by Gasteiger charge is -2.02. The highest BCUT2D eigenvalue weighted by Crippen LogP contribution is 2.22. The molecule has 102 valence electrons. The number of aromatic carboxylic acids is 1. The number of hydrogen-bond acceptors (Lipinski definition) is 6. The van der Waals surface area contributed by atoms with E-state index in [4.69, 9.17) is 5.11 Å². The summed E-state index contributed by atoms with van der Waals surface area (Å²) >= 11 is 0. The first-order valence-electron chi connectivity index (χ1n) is 5.12. The van der Waals surface area contributed by atoms with Gasteiger partial charge in [-0.25, -0.2) is 4.79 Å². The second-order valence-electron chi connectivity index (χ2n) is 3.64. The van der Waals surface area contributed by atoms with Crippen molar-refractivity contribution >= 4 is 17.5 Å². The van der Waals surface area contributed by atoms with Crippen molar-refractivity contribution in [2.24, 2.45) is 0 Å². The molecular formula is C10H6N4O6. The number of non-ortho nitro benzene ring substituents is 1. The number of rotatable bonds is 4. The van der Waals surface area contributed by atoms with Gasteiger partial charge in [-0.1, -0.05) is 0 Å². The Hall–Kier alpha value is -3.30. The molecule has 2 aromatic rings. The molecule has 2 rings (SSSR count). The topological polar surface area (TPSA) is 141 Å². The molecule has 0 saturated carbocycles. The second-order valence-corrected chi connectivity index (χ2v) is 3.64. The van der Waals surface area contributed by atoms with E-state index in [1.54, 1.807) is 0 Å². The van der Waals surface area contributed by atoms with Gasteiger partial charge in [-0.2, -0.15) is 0 Å². The average molecular weight is 278 g/mol. The zero-order valence-corrected chi connectivity index (χ0v) is 9.66. The molecule has 10 nitrogen and oxygen atoms in total. The van der Waals surface area contributed by atoms with Gasteiger partial charge in [-0.15, -0.1) is 4.68 Å². The number of nitro benzene ring substituents is 1. The first kappa shape index (κ1) is 13.1. The Morgan fingerprint density at radius 1 is 1.20 bits per heavy atom. The fourth-order valence-electron chi connectivity index (χ4n) is 1.55. The largest absolute Gasteiger partial charge is 0.478 e. The fraction of sp³-hybridized carbons (Fsp3) is 0. The average Bonchev–Trinajstić information content (AvgIpc) is 2.87. The number of carbonyl (C=O) groups is 1. The number of carboxylic acid groups (broad SMARTS) is 1. The third-order valence-corrected chi connectivity index (χ3v) is 2.43. The summed E-state index contributed by atoms with van der Waals surface area (Å²) in [5.41, 5.74) is -0.725. The molecule has 20 heavy (non-hydrogen) atoms. The lowest BCUT2D eigenvalue weighted by Crippen LogP contribution is -2.07. The SMILES string of the molecule is O=C(O)c1ccc([N+](=O)[O-])cc1-n1ccc([N+](=O)[O-])n1. The van der Waals surface area contributed by atoms with Crippen molar-refractivity contribution < 1.29 is 19.7 Å². The molecule has 1 aromatic carbocycles. The van der Waals surface area contributed by atoms with Crippen LogP contribution >= 0.6 is 0 Å². The van der Waals surface area contributed by atoms with E-state index in [9.17, 15) is 25.0 Å². The monoisotopic (exact) mass is 278 g/mol. The van der Waals surface area contributed by atoms with Crippen molar-refractivity contribution in [1.82, 2.24) is 9.78 Å². The molecular weight excluding hydrogens is 272 g/mol. The Labute approximate surface area is 110 Å². The molecule has 1 aromatic heterocycles. The van der Waals surface area contributed by atoms with Gasteiger partial charge in [-0.05, 0) is 11.0 Å². The lowest BCUT2D eigenvalue weighted by molar-refractivity contribution is -0.389. The maximum atomic E-state index is 11.1. The zero-order chi connectivity index (χ0) is 14.9. The first-order chi connectivity index (χ1) is 9.40. The first-order valence-corrected chi connectivity index (χ1v) is 5.12. The highest BCUT2D eigenvalue weighted by molar-refractivity contribution is 5.92. The van der Waals surface area contributed by atoms with E-state index < -0.39 is 21.6 Å². The predicted molar refractivity (Wildman–Crippen MR) is 63.8 cm³/mol. The Morgan fingerprint density at radius 2 is 1.90 bits per heavy atom. The van der Waals surface area contributed by atoms with Gasteiger partial charge >= 0.3 is 11.8 Å². The van der Waals surface area contributed by atoms with Crippen molar-refractivity contribution in [3.8, 4) is 5.69 Å². The van der Waals surface area contributed by atoms with E-state index in [1.165, 1.54) is 0 Å². The number of hydrogen-bond donors (Lipinski definition) is 1. The molecule has 0 spiro atoms. The van der Waals surface area contributed by atoms with E-state index >= 15 is 0 Å². The van der Waals surface area contributed by atoms with Gasteiger partial charge in [0.1, 0.15) is 5.69 Å². The van der Waals surface area contributed by atoms with Crippen LogP contribution in [0.2, 0.25) is 0 Å². The summed E-state index contributed by atoms with van der Waals surface area (Å²) in [5.74, 6) is -1.82. The summed E-state index contributed by atoms with van der Waals surface area (Å²) in [6, 6.07) is 4.12. The molecule has 0 amide bonds. The minimum Gasteiger partial charge on any atom is -0.478 e. The van der Waals surface area contributed by atoms with Crippen molar-refractivity contribution in [2.45, 2.75) is 0 Å². The quantitative estimate of drug-likeness (QED) is 0.657. The van der Waals surface area contributed by atoms with Gasteiger partial charge in [0.05, 0.1) is 27.8 Å². The van der Waals surface area contributed by atoms with Crippen LogP contribution in [-0.4, -0.2) is 30.7 Å². The lowest BCUT2D eigenvalue weighted by atomic mass is 10.1. The number of nitrogens with zero attached hydrogens (tertiary/aromatic N) is 4. The highest BCUT2D eigenvalue weighted by atomic mass is 16.6. The smallest absolute Gasteiger partial charge is 0.390 e. The molecule has 0 saturated heterocycles. The van der Waals surface area contributed by atoms with Crippen LogP contribution in [0.3, 0.4) is 0 Å². The van der Waals surface area contributed by atoms with E-state index in [0.29, 0.717) is 0 Å². The molecule has 0 aliphatic rings. The summed E-state index contributed by atoms with van der Waals surface area (Å²) in [6.45, 7) is 0. The van der Waals surface area contributed by atoms with Crippen molar-refractivity contribution in [3.05, 3.63) is 56.3 Å². The summed E-state index contributed by atoms with van der Waals surface area (Å²) in [4.78, 5) is 30.9. The number of carboxylic acids is 1. The van der Waals surface area contributed by atoms with E-state index in [-0.39, 0.29) is 16.9 Å². The van der Waals surface area contributed by atoms with Crippen LogP contribution in [-0.2, 0) is 0 Å². The Bertz CT molecular complexity index is 722. The number of aromatic nitrogens is 2. The summed E-state index contributed by atoms with van der Waals surface area (Å²) < 4.78 is 0.911. The molecule has 0 aliphatic carbocycles. The third kappa shape index (κ3) is 2.29. The van der Waals surface area contributed by atoms with Crippen LogP contribution < -0.4 is 0 Å². The van der Waals surface area contributed by atoms with Crippen LogP contribution in [0, 0.1) is 20.2 Å². The second kappa shape index (κ2) is 4.76. The van der Waals surface area contributed by atoms with E-state index in [2.05, 4.69) is 5.10 Å². The third-order valence-electron chi connectivity index (χ3n) is 2.43. The van der Waals surface area contributed by atoms with Crippen LogP contribution in [0.25, 0.3) is 5.69 Å². The highest BCUT2D eigenvalue weighted by Gasteiger charge is 2.21. The minimum atomic E-state index is -1.33. The molecule has 0 bridgehead atoms. The molecule has 0 unspecified atom stereocenters. The Balaban J connectivity index is 2.62. The molecule has 0 fully saturated rings. The van der Waals surface area contributed by atoms with Crippen LogP contribution in [0.5, 0.6) is 0 Å². The summed E-state index contributed by atoms with van der Waals surface area (Å²) in [6.07, 6.45) is 1.16. The summed E-state index contributed by atoms with van der Waals surface area (Å²) in [5, 5.41) is 33.8. The fourth-order valence-corrected chi connectivity index (χ4v) is 1.55. The molecule has 1 N–H and O–H groups in total. The maximum absolute atomic E-state index is 11.1. The molecule has 0 radical (unpaired) electrons. The van der Waals surface area contributed by atoms with Gasteiger partial charge in [0.15, 0.2) is 0 Å². The molecule has 0 aliphatic heterocycles.